The zero-order valence-corrected chi connectivity index (χ0v) is 12.3. The van der Waals surface area contributed by atoms with Gasteiger partial charge >= 0.3 is 0 Å². The third-order valence-corrected chi connectivity index (χ3v) is 3.32. The number of para-hydroxylation sites is 1. The van der Waals surface area contributed by atoms with Gasteiger partial charge in [-0.15, -0.1) is 0 Å². The molecule has 1 aromatic carbocycles. The maximum absolute atomic E-state index is 12.5. The number of nitrogens with zero attached hydrogens (tertiary/aromatic N) is 1. The molecule has 0 heterocycles. The Morgan fingerprint density at radius 2 is 1.74 bits per heavy atom. The molecule has 1 aromatic rings. The molecule has 3 heteroatoms. The zero-order valence-electron chi connectivity index (χ0n) is 12.3. The van der Waals surface area contributed by atoms with Crippen LogP contribution in [0.3, 0.4) is 0 Å². The van der Waals surface area contributed by atoms with E-state index >= 15 is 0 Å². The summed E-state index contributed by atoms with van der Waals surface area (Å²) in [5.74, 6) is 0.0635. The second-order valence-corrected chi connectivity index (χ2v) is 4.97. The van der Waals surface area contributed by atoms with Crippen molar-refractivity contribution >= 4 is 5.91 Å². The van der Waals surface area contributed by atoms with Gasteiger partial charge in [0.05, 0.1) is 5.56 Å². The minimum atomic E-state index is -0.0527. The maximum atomic E-state index is 12.5. The predicted molar refractivity (Wildman–Crippen MR) is 78.6 cm³/mol. The summed E-state index contributed by atoms with van der Waals surface area (Å²) in [5, 5.41) is 10.0. The number of phenols is 1. The van der Waals surface area contributed by atoms with E-state index in [2.05, 4.69) is 13.8 Å². The molecule has 19 heavy (non-hydrogen) atoms. The molecule has 1 amide bonds. The van der Waals surface area contributed by atoms with Crippen molar-refractivity contribution in [3.05, 3.63) is 29.3 Å². The van der Waals surface area contributed by atoms with Gasteiger partial charge in [-0.1, -0.05) is 38.8 Å². The molecule has 106 valence electrons. The first-order chi connectivity index (χ1) is 9.11. The molecule has 0 radical (unpaired) electrons. The molecule has 0 aromatic heterocycles. The summed E-state index contributed by atoms with van der Waals surface area (Å²) in [6, 6.07) is 5.34. The van der Waals surface area contributed by atoms with Crippen LogP contribution in [-0.4, -0.2) is 29.0 Å². The molecule has 0 saturated heterocycles. The van der Waals surface area contributed by atoms with E-state index in [0.29, 0.717) is 5.56 Å². The van der Waals surface area contributed by atoms with Crippen molar-refractivity contribution in [1.82, 2.24) is 4.90 Å². The minimum absolute atomic E-state index is 0.0527. The van der Waals surface area contributed by atoms with Crippen molar-refractivity contribution in [2.75, 3.05) is 13.1 Å². The lowest BCUT2D eigenvalue weighted by Gasteiger charge is -2.23. The number of hydrogen-bond donors (Lipinski definition) is 1. The van der Waals surface area contributed by atoms with Crippen LogP contribution in [0.4, 0.5) is 0 Å². The van der Waals surface area contributed by atoms with Crippen LogP contribution in [0.2, 0.25) is 0 Å². The Hall–Kier alpha value is -1.51. The topological polar surface area (TPSA) is 40.5 Å². The molecule has 0 aliphatic carbocycles. The number of hydrogen-bond acceptors (Lipinski definition) is 2. The van der Waals surface area contributed by atoms with Crippen molar-refractivity contribution in [1.29, 1.82) is 0 Å². The van der Waals surface area contributed by atoms with Gasteiger partial charge in [0.2, 0.25) is 0 Å². The van der Waals surface area contributed by atoms with Gasteiger partial charge in [-0.2, -0.15) is 0 Å². The van der Waals surface area contributed by atoms with E-state index in [1.165, 1.54) is 0 Å². The quantitative estimate of drug-likeness (QED) is 0.814. The summed E-state index contributed by atoms with van der Waals surface area (Å²) in [6.45, 7) is 7.58. The van der Waals surface area contributed by atoms with Crippen molar-refractivity contribution in [2.45, 2.75) is 46.5 Å². The Bertz CT molecular complexity index is 407. The van der Waals surface area contributed by atoms with Crippen LogP contribution in [0.25, 0.3) is 0 Å². The highest BCUT2D eigenvalue weighted by atomic mass is 16.3. The fourth-order valence-corrected chi connectivity index (χ4v) is 2.01. The molecule has 0 aliphatic rings. The van der Waals surface area contributed by atoms with E-state index in [0.717, 1.165) is 44.3 Å². The lowest BCUT2D eigenvalue weighted by Crippen LogP contribution is -2.33. The van der Waals surface area contributed by atoms with Crippen molar-refractivity contribution in [3.63, 3.8) is 0 Å². The normalized spacial score (nSPS) is 10.5. The van der Waals surface area contributed by atoms with Gasteiger partial charge in [-0.3, -0.25) is 4.79 Å². The molecule has 3 nitrogen and oxygen atoms in total. The van der Waals surface area contributed by atoms with Gasteiger partial charge in [0, 0.05) is 13.1 Å². The first-order valence-electron chi connectivity index (χ1n) is 7.19. The van der Waals surface area contributed by atoms with Crippen LogP contribution in [0, 0.1) is 6.92 Å². The van der Waals surface area contributed by atoms with Crippen molar-refractivity contribution in [2.24, 2.45) is 0 Å². The van der Waals surface area contributed by atoms with Crippen LogP contribution in [0.15, 0.2) is 18.2 Å². The number of phenolic OH excluding ortho intramolecular Hbond substituents is 1. The second kappa shape index (κ2) is 7.82. The number of aromatic hydroxyl groups is 1. The highest BCUT2D eigenvalue weighted by molar-refractivity contribution is 5.97. The highest BCUT2D eigenvalue weighted by Crippen LogP contribution is 2.23. The fourth-order valence-electron chi connectivity index (χ4n) is 2.01. The van der Waals surface area contributed by atoms with E-state index in [-0.39, 0.29) is 11.7 Å². The number of benzene rings is 1. The van der Waals surface area contributed by atoms with Gasteiger partial charge in [-0.25, -0.2) is 0 Å². The van der Waals surface area contributed by atoms with Crippen LogP contribution in [0.5, 0.6) is 5.75 Å². The summed E-state index contributed by atoms with van der Waals surface area (Å²) in [7, 11) is 0. The summed E-state index contributed by atoms with van der Waals surface area (Å²) in [5.41, 5.74) is 1.17. The van der Waals surface area contributed by atoms with Gasteiger partial charge < -0.3 is 10.0 Å². The van der Waals surface area contributed by atoms with Gasteiger partial charge in [-0.05, 0) is 31.4 Å². The molecule has 0 unspecified atom stereocenters. The summed E-state index contributed by atoms with van der Waals surface area (Å²) >= 11 is 0. The molecule has 0 bridgehead atoms. The average Bonchev–Trinajstić information content (AvgIpc) is 2.41. The maximum Gasteiger partial charge on any atom is 0.257 e. The highest BCUT2D eigenvalue weighted by Gasteiger charge is 2.18. The predicted octanol–water partition coefficient (Wildman–Crippen LogP) is 3.74. The molecule has 0 spiro atoms. The molecule has 1 rings (SSSR count). The van der Waals surface area contributed by atoms with E-state index in [1.807, 2.05) is 24.0 Å². The minimum Gasteiger partial charge on any atom is -0.507 e. The lowest BCUT2D eigenvalue weighted by molar-refractivity contribution is 0.0748. The van der Waals surface area contributed by atoms with Crippen LogP contribution < -0.4 is 0 Å². The molecular weight excluding hydrogens is 238 g/mol. The Morgan fingerprint density at radius 1 is 1.16 bits per heavy atom. The van der Waals surface area contributed by atoms with E-state index in [1.54, 1.807) is 6.07 Å². The first-order valence-corrected chi connectivity index (χ1v) is 7.19. The molecule has 1 N–H and O–H groups in total. The second-order valence-electron chi connectivity index (χ2n) is 4.97. The zero-order chi connectivity index (χ0) is 14.3. The SMILES string of the molecule is CCCCN(CCCC)C(=O)c1cccc(C)c1O. The summed E-state index contributed by atoms with van der Waals surface area (Å²) in [4.78, 5) is 14.4. The van der Waals surface area contributed by atoms with Gasteiger partial charge in [0.15, 0.2) is 0 Å². The standard InChI is InChI=1S/C16H25NO2/c1-4-6-11-17(12-7-5-2)16(19)14-10-8-9-13(3)15(14)18/h8-10,18H,4-7,11-12H2,1-3H3. The monoisotopic (exact) mass is 263 g/mol. The molecular formula is C16H25NO2. The number of unbranched alkanes of at least 4 members (excludes halogenated alkanes) is 2. The average molecular weight is 263 g/mol. The first kappa shape index (κ1) is 15.5. The summed E-state index contributed by atoms with van der Waals surface area (Å²) < 4.78 is 0. The Kier molecular flexibility index (Phi) is 6.40. The number of amides is 1. The number of rotatable bonds is 7. The van der Waals surface area contributed by atoms with Crippen LogP contribution >= 0.6 is 0 Å². The molecule has 0 aliphatic heterocycles. The molecule has 0 fully saturated rings. The Labute approximate surface area is 116 Å². The Morgan fingerprint density at radius 3 is 2.26 bits per heavy atom. The number of carbonyl (C=O) groups is 1. The fraction of sp³-hybridized carbons (Fsp3) is 0.562. The van der Waals surface area contributed by atoms with Gasteiger partial charge in [0.1, 0.15) is 5.75 Å². The van der Waals surface area contributed by atoms with E-state index < -0.39 is 0 Å². The van der Waals surface area contributed by atoms with Crippen molar-refractivity contribution < 1.29 is 9.90 Å². The smallest absolute Gasteiger partial charge is 0.257 e. The van der Waals surface area contributed by atoms with Crippen LogP contribution in [0.1, 0.15) is 55.5 Å². The number of aryl methyl sites for hydroxylation is 1. The molecule has 0 atom stereocenters. The largest absolute Gasteiger partial charge is 0.507 e. The third-order valence-electron chi connectivity index (χ3n) is 3.32. The molecule has 0 saturated carbocycles. The lowest BCUT2D eigenvalue weighted by atomic mass is 10.1. The van der Waals surface area contributed by atoms with Crippen molar-refractivity contribution in [3.8, 4) is 5.75 Å². The summed E-state index contributed by atoms with van der Waals surface area (Å²) in [6.07, 6.45) is 4.13. The van der Waals surface area contributed by atoms with Crippen LogP contribution in [-0.2, 0) is 0 Å². The third kappa shape index (κ3) is 4.27. The Balaban J connectivity index is 2.87. The van der Waals surface area contributed by atoms with E-state index in [4.69, 9.17) is 0 Å². The van der Waals surface area contributed by atoms with E-state index in [9.17, 15) is 9.90 Å². The number of carbonyl (C=O) groups excluding carboxylic acids is 1. The van der Waals surface area contributed by atoms with Gasteiger partial charge in [0.25, 0.3) is 5.91 Å².